The molecule has 1 aromatic heterocycles. The molecule has 0 radical (unpaired) electrons. The van der Waals surface area contributed by atoms with Gasteiger partial charge in [0, 0.05) is 5.92 Å². The minimum atomic E-state index is 0.373. The van der Waals surface area contributed by atoms with Crippen LogP contribution in [0.15, 0.2) is 15.9 Å². The lowest BCUT2D eigenvalue weighted by atomic mass is 10.0. The monoisotopic (exact) mass is 284 g/mol. The van der Waals surface area contributed by atoms with E-state index in [1.54, 1.807) is 11.3 Å². The summed E-state index contributed by atoms with van der Waals surface area (Å²) in [6, 6.07) is 3.94. The van der Waals surface area contributed by atoms with Crippen molar-refractivity contribution in [3.05, 3.63) is 20.8 Å². The molecule has 80 valence electrons. The molecular weight excluding hydrogens is 272 g/mol. The zero-order chi connectivity index (χ0) is 10.4. The molecule has 0 saturated heterocycles. The first-order chi connectivity index (χ1) is 7.27. The van der Waals surface area contributed by atoms with E-state index >= 15 is 0 Å². The van der Waals surface area contributed by atoms with Crippen LogP contribution in [0.3, 0.4) is 0 Å². The Balaban J connectivity index is 1.76. The molecule has 0 N–H and O–H groups in total. The first-order valence-electron chi connectivity index (χ1n) is 5.57. The fourth-order valence-electron chi connectivity index (χ4n) is 2.99. The molecule has 2 atom stereocenters. The van der Waals surface area contributed by atoms with Crippen LogP contribution < -0.4 is 0 Å². The molecule has 1 heterocycles. The molecule has 0 aliphatic heterocycles. The van der Waals surface area contributed by atoms with Gasteiger partial charge in [-0.05, 0) is 52.7 Å². The van der Waals surface area contributed by atoms with Gasteiger partial charge in [0.2, 0.25) is 0 Å². The summed E-state index contributed by atoms with van der Waals surface area (Å²) >= 11 is 4.99. The quantitative estimate of drug-likeness (QED) is 0.747. The predicted octanol–water partition coefficient (Wildman–Crippen LogP) is 4.13. The van der Waals surface area contributed by atoms with Gasteiger partial charge in [0.05, 0.1) is 8.66 Å². The number of carbonyl (C=O) groups excluding carboxylic acids is 1. The van der Waals surface area contributed by atoms with Crippen molar-refractivity contribution in [2.75, 3.05) is 0 Å². The highest BCUT2D eigenvalue weighted by atomic mass is 79.9. The molecule has 1 nitrogen and oxygen atoms in total. The molecular formula is C12H13BrOS. The molecule has 1 aromatic rings. The van der Waals surface area contributed by atoms with Crippen LogP contribution in [-0.4, -0.2) is 5.78 Å². The minimum absolute atomic E-state index is 0.373. The Morgan fingerprint density at radius 1 is 1.27 bits per heavy atom. The van der Waals surface area contributed by atoms with Crippen LogP contribution in [-0.2, 0) is 0 Å². The summed E-state index contributed by atoms with van der Waals surface area (Å²) in [5.74, 6) is 2.24. The molecule has 0 amide bonds. The van der Waals surface area contributed by atoms with Crippen molar-refractivity contribution in [1.82, 2.24) is 0 Å². The van der Waals surface area contributed by atoms with Gasteiger partial charge in [-0.2, -0.15) is 0 Å². The summed E-state index contributed by atoms with van der Waals surface area (Å²) in [7, 11) is 0. The second kappa shape index (κ2) is 3.70. The van der Waals surface area contributed by atoms with Gasteiger partial charge < -0.3 is 0 Å². The van der Waals surface area contributed by atoms with Crippen molar-refractivity contribution in [2.45, 2.75) is 25.7 Å². The van der Waals surface area contributed by atoms with Crippen LogP contribution in [0, 0.1) is 17.8 Å². The molecule has 0 spiro atoms. The Kier molecular flexibility index (Phi) is 2.48. The standard InChI is InChI=1S/C12H13BrOS/c13-10-6-5-9(15-10)12(14)11-7-3-1-2-4-8(7)11/h5-8,11H,1-4H2. The van der Waals surface area contributed by atoms with Gasteiger partial charge in [0.15, 0.2) is 5.78 Å². The molecule has 2 unspecified atom stereocenters. The second-order valence-electron chi connectivity index (χ2n) is 4.61. The first-order valence-corrected chi connectivity index (χ1v) is 7.18. The predicted molar refractivity (Wildman–Crippen MR) is 65.3 cm³/mol. The molecule has 2 saturated carbocycles. The van der Waals surface area contributed by atoms with Gasteiger partial charge in [0.1, 0.15) is 0 Å². The molecule has 2 fully saturated rings. The van der Waals surface area contributed by atoms with E-state index in [1.165, 1.54) is 25.7 Å². The highest BCUT2D eigenvalue weighted by Crippen LogP contribution is 2.56. The summed E-state index contributed by atoms with van der Waals surface area (Å²) < 4.78 is 1.06. The maximum atomic E-state index is 12.2. The van der Waals surface area contributed by atoms with Crippen molar-refractivity contribution >= 4 is 33.0 Å². The average molecular weight is 285 g/mol. The molecule has 2 aliphatic rings. The topological polar surface area (TPSA) is 17.1 Å². The average Bonchev–Trinajstić information content (AvgIpc) is 2.82. The van der Waals surface area contributed by atoms with Gasteiger partial charge in [-0.1, -0.05) is 12.8 Å². The first kappa shape index (κ1) is 10.0. The lowest BCUT2D eigenvalue weighted by molar-refractivity contribution is 0.0960. The third-order valence-electron chi connectivity index (χ3n) is 3.78. The van der Waals surface area contributed by atoms with E-state index in [2.05, 4.69) is 15.9 Å². The zero-order valence-corrected chi connectivity index (χ0v) is 10.8. The van der Waals surface area contributed by atoms with E-state index in [9.17, 15) is 4.79 Å². The minimum Gasteiger partial charge on any atom is -0.293 e. The van der Waals surface area contributed by atoms with Gasteiger partial charge in [-0.3, -0.25) is 4.79 Å². The smallest absolute Gasteiger partial charge is 0.176 e. The highest BCUT2D eigenvalue weighted by molar-refractivity contribution is 9.11. The summed E-state index contributed by atoms with van der Waals surface area (Å²) in [5.41, 5.74) is 0. The van der Waals surface area contributed by atoms with Crippen molar-refractivity contribution in [3.8, 4) is 0 Å². The fraction of sp³-hybridized carbons (Fsp3) is 0.583. The SMILES string of the molecule is O=C(c1ccc(Br)s1)C1C2CCCCC21. The number of hydrogen-bond acceptors (Lipinski definition) is 2. The van der Waals surface area contributed by atoms with Gasteiger partial charge >= 0.3 is 0 Å². The highest BCUT2D eigenvalue weighted by Gasteiger charge is 2.54. The molecule has 0 bridgehead atoms. The maximum absolute atomic E-state index is 12.2. The Bertz CT molecular complexity index is 386. The molecule has 3 heteroatoms. The normalized spacial score (nSPS) is 33.5. The van der Waals surface area contributed by atoms with Gasteiger partial charge in [-0.15, -0.1) is 11.3 Å². The van der Waals surface area contributed by atoms with Gasteiger partial charge in [0.25, 0.3) is 0 Å². The lowest BCUT2D eigenvalue weighted by Crippen LogP contribution is -2.01. The summed E-state index contributed by atoms with van der Waals surface area (Å²) in [4.78, 5) is 13.1. The van der Waals surface area contributed by atoms with E-state index in [0.29, 0.717) is 11.7 Å². The van der Waals surface area contributed by atoms with Crippen LogP contribution >= 0.6 is 27.3 Å². The number of halogens is 1. The number of Topliss-reactive ketones (excluding diaryl/α,β-unsaturated/α-hetero) is 1. The number of hydrogen-bond donors (Lipinski definition) is 0. The van der Waals surface area contributed by atoms with Crippen LogP contribution in [0.2, 0.25) is 0 Å². The van der Waals surface area contributed by atoms with Crippen LogP contribution in [0.4, 0.5) is 0 Å². The van der Waals surface area contributed by atoms with Crippen LogP contribution in [0.25, 0.3) is 0 Å². The third-order valence-corrected chi connectivity index (χ3v) is 5.41. The molecule has 0 aromatic carbocycles. The molecule has 3 rings (SSSR count). The Hall–Kier alpha value is -0.150. The number of thiophene rings is 1. The van der Waals surface area contributed by atoms with Crippen molar-refractivity contribution in [3.63, 3.8) is 0 Å². The van der Waals surface area contributed by atoms with E-state index in [0.717, 1.165) is 20.5 Å². The van der Waals surface area contributed by atoms with E-state index < -0.39 is 0 Å². The van der Waals surface area contributed by atoms with Crippen LogP contribution in [0.5, 0.6) is 0 Å². The lowest BCUT2D eigenvalue weighted by Gasteiger charge is -2.04. The van der Waals surface area contributed by atoms with Crippen molar-refractivity contribution < 1.29 is 4.79 Å². The number of carbonyl (C=O) groups is 1. The largest absolute Gasteiger partial charge is 0.293 e. The summed E-state index contributed by atoms with van der Waals surface area (Å²) in [6.45, 7) is 0. The number of fused-ring (bicyclic) bond motifs is 1. The Morgan fingerprint density at radius 3 is 2.47 bits per heavy atom. The summed E-state index contributed by atoms with van der Waals surface area (Å²) in [6.07, 6.45) is 5.24. The number of rotatable bonds is 2. The third kappa shape index (κ3) is 1.70. The molecule has 15 heavy (non-hydrogen) atoms. The van der Waals surface area contributed by atoms with Crippen molar-refractivity contribution in [1.29, 1.82) is 0 Å². The van der Waals surface area contributed by atoms with Gasteiger partial charge in [-0.25, -0.2) is 0 Å². The fourth-order valence-corrected chi connectivity index (χ4v) is 4.37. The molecule has 2 aliphatic carbocycles. The Labute approximate surface area is 102 Å². The summed E-state index contributed by atoms with van der Waals surface area (Å²) in [5, 5.41) is 0. The van der Waals surface area contributed by atoms with E-state index in [-0.39, 0.29) is 0 Å². The number of ketones is 1. The Morgan fingerprint density at radius 2 is 1.93 bits per heavy atom. The maximum Gasteiger partial charge on any atom is 0.176 e. The van der Waals surface area contributed by atoms with E-state index in [1.807, 2.05) is 12.1 Å². The second-order valence-corrected chi connectivity index (χ2v) is 7.07. The van der Waals surface area contributed by atoms with Crippen molar-refractivity contribution in [2.24, 2.45) is 17.8 Å². The zero-order valence-electron chi connectivity index (χ0n) is 8.41. The van der Waals surface area contributed by atoms with Crippen LogP contribution in [0.1, 0.15) is 35.4 Å². The van der Waals surface area contributed by atoms with E-state index in [4.69, 9.17) is 0 Å².